The second-order valence-corrected chi connectivity index (χ2v) is 7.06. The van der Waals surface area contributed by atoms with E-state index in [1.807, 2.05) is 66.7 Å². The lowest BCUT2D eigenvalue weighted by Gasteiger charge is -2.23. The molecule has 0 aliphatic carbocycles. The molecule has 3 aromatic carbocycles. The third-order valence-corrected chi connectivity index (χ3v) is 4.49. The number of anilines is 1. The fourth-order valence-electron chi connectivity index (χ4n) is 2.86. The van der Waals surface area contributed by atoms with E-state index in [0.717, 1.165) is 28.0 Å². The van der Waals surface area contributed by atoms with Crippen molar-refractivity contribution >= 4 is 22.4 Å². The number of benzene rings is 3. The molecule has 0 saturated carbocycles. The van der Waals surface area contributed by atoms with Crippen LogP contribution < -0.4 is 20.5 Å². The number of hydrogen-bond donors (Lipinski definition) is 2. The van der Waals surface area contributed by atoms with Gasteiger partial charge in [-0.3, -0.25) is 4.79 Å². The zero-order valence-corrected chi connectivity index (χ0v) is 19.3. The molecule has 0 radical (unpaired) electrons. The normalized spacial score (nSPS) is 13.3. The molecule has 0 fully saturated rings. The standard InChI is InChI=1S/C13H11NO.C10H10O2.C5H11NO/c1-2-13(15)14-12-8-7-10-5-3-4-6-11(10)9-12;1-2-8-7-11-9-5-3-4-6-10(9)12-8;1-2-4-7-5-3-6/h2-9H,1H2,(H,14,15);2-6,8H,1,7H2;2H,1,3-6H2. The highest BCUT2D eigenvalue weighted by molar-refractivity contribution is 6.00. The van der Waals surface area contributed by atoms with Crippen molar-refractivity contribution in [1.82, 2.24) is 0 Å². The first kappa shape index (κ1) is 26.4. The summed E-state index contributed by atoms with van der Waals surface area (Å²) in [5.74, 6) is 1.43. The maximum Gasteiger partial charge on any atom is 0.247 e. The maximum atomic E-state index is 11.1. The smallest absolute Gasteiger partial charge is 0.247 e. The van der Waals surface area contributed by atoms with Gasteiger partial charge in [0.2, 0.25) is 5.91 Å². The average molecular weight is 461 g/mol. The largest absolute Gasteiger partial charge is 0.485 e. The van der Waals surface area contributed by atoms with Crippen LogP contribution in [-0.2, 0) is 9.53 Å². The summed E-state index contributed by atoms with van der Waals surface area (Å²) in [4.78, 5) is 11.1. The second-order valence-electron chi connectivity index (χ2n) is 7.06. The zero-order chi connectivity index (χ0) is 24.6. The molecule has 4 rings (SSSR count). The number of hydrogen-bond acceptors (Lipinski definition) is 5. The van der Waals surface area contributed by atoms with Gasteiger partial charge in [0.1, 0.15) is 6.61 Å². The third kappa shape index (κ3) is 8.94. The Labute approximate surface area is 201 Å². The Morgan fingerprint density at radius 2 is 1.74 bits per heavy atom. The minimum absolute atomic E-state index is 0.0140. The summed E-state index contributed by atoms with van der Waals surface area (Å²) in [6.07, 6.45) is 4.70. The summed E-state index contributed by atoms with van der Waals surface area (Å²) >= 11 is 0. The highest BCUT2D eigenvalue weighted by Crippen LogP contribution is 2.30. The Balaban J connectivity index is 0.000000193. The van der Waals surface area contributed by atoms with Crippen molar-refractivity contribution < 1.29 is 19.0 Å². The third-order valence-electron chi connectivity index (χ3n) is 4.49. The van der Waals surface area contributed by atoms with Gasteiger partial charge < -0.3 is 25.3 Å². The van der Waals surface area contributed by atoms with Crippen molar-refractivity contribution in [3.05, 3.63) is 105 Å². The minimum Gasteiger partial charge on any atom is -0.485 e. The molecular formula is C28H32N2O4. The number of nitrogens with two attached hydrogens (primary N) is 1. The van der Waals surface area contributed by atoms with E-state index in [-0.39, 0.29) is 12.0 Å². The molecule has 1 amide bonds. The van der Waals surface area contributed by atoms with E-state index in [1.54, 1.807) is 12.2 Å². The molecule has 6 heteroatoms. The van der Waals surface area contributed by atoms with E-state index in [0.29, 0.717) is 26.4 Å². The lowest BCUT2D eigenvalue weighted by Crippen LogP contribution is -2.26. The van der Waals surface area contributed by atoms with Crippen LogP contribution in [0.3, 0.4) is 0 Å². The van der Waals surface area contributed by atoms with Crippen LogP contribution in [0.4, 0.5) is 5.69 Å². The Morgan fingerprint density at radius 1 is 1.03 bits per heavy atom. The van der Waals surface area contributed by atoms with Crippen molar-refractivity contribution in [3.8, 4) is 11.5 Å². The van der Waals surface area contributed by atoms with Crippen LogP contribution in [0, 0.1) is 0 Å². The Morgan fingerprint density at radius 3 is 2.41 bits per heavy atom. The van der Waals surface area contributed by atoms with Crippen LogP contribution in [0.25, 0.3) is 10.8 Å². The molecular weight excluding hydrogens is 428 g/mol. The number of ether oxygens (including phenoxy) is 3. The molecule has 3 N–H and O–H groups in total. The predicted molar refractivity (Wildman–Crippen MR) is 139 cm³/mol. The maximum absolute atomic E-state index is 11.1. The van der Waals surface area contributed by atoms with Crippen LogP contribution in [0.1, 0.15) is 0 Å². The average Bonchev–Trinajstić information content (AvgIpc) is 2.89. The molecule has 1 aliphatic rings. The van der Waals surface area contributed by atoms with Crippen molar-refractivity contribution in [2.24, 2.45) is 5.73 Å². The Hall–Kier alpha value is -3.87. The first-order chi connectivity index (χ1) is 16.6. The molecule has 34 heavy (non-hydrogen) atoms. The fraction of sp³-hybridized carbons (Fsp3) is 0.179. The first-order valence-electron chi connectivity index (χ1n) is 10.9. The number of carbonyl (C=O) groups excluding carboxylic acids is 1. The molecule has 3 aromatic rings. The van der Waals surface area contributed by atoms with E-state index < -0.39 is 0 Å². The number of amides is 1. The number of nitrogens with one attached hydrogen (secondary N) is 1. The monoisotopic (exact) mass is 460 g/mol. The molecule has 0 aromatic heterocycles. The lowest BCUT2D eigenvalue weighted by molar-refractivity contribution is -0.111. The van der Waals surface area contributed by atoms with Crippen molar-refractivity contribution in [1.29, 1.82) is 0 Å². The van der Waals surface area contributed by atoms with Crippen LogP contribution in [0.15, 0.2) is 105 Å². The number of fused-ring (bicyclic) bond motifs is 2. The number of rotatable bonds is 7. The summed E-state index contributed by atoms with van der Waals surface area (Å²) < 4.78 is 15.9. The van der Waals surface area contributed by atoms with Gasteiger partial charge in [0.15, 0.2) is 17.6 Å². The van der Waals surface area contributed by atoms with Gasteiger partial charge in [-0.1, -0.05) is 61.7 Å². The minimum atomic E-state index is -0.190. The Kier molecular flexibility index (Phi) is 11.7. The summed E-state index contributed by atoms with van der Waals surface area (Å²) in [6.45, 7) is 12.9. The van der Waals surface area contributed by atoms with Crippen LogP contribution in [0.5, 0.6) is 11.5 Å². The quantitative estimate of drug-likeness (QED) is 0.290. The van der Waals surface area contributed by atoms with E-state index in [9.17, 15) is 4.79 Å². The van der Waals surface area contributed by atoms with Crippen molar-refractivity contribution in [2.45, 2.75) is 6.10 Å². The van der Waals surface area contributed by atoms with Gasteiger partial charge in [-0.05, 0) is 47.2 Å². The zero-order valence-electron chi connectivity index (χ0n) is 19.3. The molecule has 1 unspecified atom stereocenters. The number of carbonyl (C=O) groups is 1. The van der Waals surface area contributed by atoms with Gasteiger partial charge in [-0.2, -0.15) is 0 Å². The molecule has 1 heterocycles. The highest BCUT2D eigenvalue weighted by Gasteiger charge is 2.16. The van der Waals surface area contributed by atoms with E-state index >= 15 is 0 Å². The highest BCUT2D eigenvalue weighted by atomic mass is 16.6. The summed E-state index contributed by atoms with van der Waals surface area (Å²) in [7, 11) is 0. The van der Waals surface area contributed by atoms with E-state index in [4.69, 9.17) is 19.9 Å². The van der Waals surface area contributed by atoms with Crippen molar-refractivity contribution in [3.63, 3.8) is 0 Å². The fourth-order valence-corrected chi connectivity index (χ4v) is 2.86. The predicted octanol–water partition coefficient (Wildman–Crippen LogP) is 5.12. The molecule has 6 nitrogen and oxygen atoms in total. The van der Waals surface area contributed by atoms with Gasteiger partial charge in [-0.25, -0.2) is 0 Å². The van der Waals surface area contributed by atoms with Gasteiger partial charge in [0.25, 0.3) is 0 Å². The molecule has 1 aliphatic heterocycles. The van der Waals surface area contributed by atoms with Gasteiger partial charge in [0, 0.05) is 12.2 Å². The van der Waals surface area contributed by atoms with Crippen LogP contribution in [-0.4, -0.2) is 38.4 Å². The van der Waals surface area contributed by atoms with Gasteiger partial charge in [-0.15, -0.1) is 6.58 Å². The van der Waals surface area contributed by atoms with Gasteiger partial charge >= 0.3 is 0 Å². The Bertz CT molecular complexity index is 1080. The van der Waals surface area contributed by atoms with E-state index in [1.165, 1.54) is 6.08 Å². The van der Waals surface area contributed by atoms with E-state index in [2.05, 4.69) is 25.1 Å². The molecule has 0 spiro atoms. The summed E-state index contributed by atoms with van der Waals surface area (Å²) in [5.41, 5.74) is 5.90. The topological polar surface area (TPSA) is 82.8 Å². The van der Waals surface area contributed by atoms with Gasteiger partial charge in [0.05, 0.1) is 13.2 Å². The second kappa shape index (κ2) is 15.1. The summed E-state index contributed by atoms with van der Waals surface area (Å²) in [5, 5.41) is 5.00. The molecule has 1 atom stereocenters. The molecule has 0 bridgehead atoms. The summed E-state index contributed by atoms with van der Waals surface area (Å²) in [6, 6.07) is 21.5. The molecule has 178 valence electrons. The van der Waals surface area contributed by atoms with Crippen molar-refractivity contribution in [2.75, 3.05) is 31.7 Å². The SMILES string of the molecule is C=CC(=O)Nc1ccc2ccccc2c1.C=CC1COc2ccccc2O1.C=CCOCCN. The van der Waals surface area contributed by atoms with Crippen LogP contribution >= 0.6 is 0 Å². The first-order valence-corrected chi connectivity index (χ1v) is 10.9. The van der Waals surface area contributed by atoms with Crippen LogP contribution in [0.2, 0.25) is 0 Å². The lowest BCUT2D eigenvalue weighted by atomic mass is 10.1. The number of para-hydroxylation sites is 2. The molecule has 0 saturated heterocycles.